The van der Waals surface area contributed by atoms with E-state index in [1.165, 1.54) is 12.1 Å². The molecule has 3 aromatic carbocycles. The predicted molar refractivity (Wildman–Crippen MR) is 99.8 cm³/mol. The van der Waals surface area contributed by atoms with Crippen LogP contribution < -0.4 is 5.32 Å². The maximum absolute atomic E-state index is 13.1. The summed E-state index contributed by atoms with van der Waals surface area (Å²) in [6.45, 7) is 0. The zero-order valence-electron chi connectivity index (χ0n) is 14.6. The molecule has 0 saturated carbocycles. The lowest BCUT2D eigenvalue weighted by Gasteiger charge is -2.24. The molecule has 0 aliphatic carbocycles. The average molecular weight is 380 g/mol. The van der Waals surface area contributed by atoms with Crippen molar-refractivity contribution in [1.82, 2.24) is 5.32 Å². The van der Waals surface area contributed by atoms with E-state index in [1.807, 2.05) is 60.7 Å². The van der Waals surface area contributed by atoms with Crippen molar-refractivity contribution in [3.05, 3.63) is 107 Å². The van der Waals surface area contributed by atoms with Crippen molar-refractivity contribution in [2.75, 3.05) is 0 Å². The van der Waals surface area contributed by atoms with E-state index in [4.69, 9.17) is 0 Å². The molecule has 0 fully saturated rings. The van der Waals surface area contributed by atoms with Gasteiger partial charge in [-0.3, -0.25) is 4.79 Å². The third-order valence-corrected chi connectivity index (χ3v) is 4.71. The van der Waals surface area contributed by atoms with Gasteiger partial charge in [0.25, 0.3) is 5.91 Å². The van der Waals surface area contributed by atoms with Gasteiger partial charge in [-0.1, -0.05) is 72.8 Å². The van der Waals surface area contributed by atoms with E-state index in [0.717, 1.165) is 12.1 Å². The minimum absolute atomic E-state index is 0.242. The number of aliphatic imine (C=N–C) groups is 1. The number of rotatable bonds is 3. The maximum atomic E-state index is 13.1. The lowest BCUT2D eigenvalue weighted by molar-refractivity contribution is -0.137. The third-order valence-electron chi connectivity index (χ3n) is 4.71. The molecule has 140 valence electrons. The molecular weight excluding hydrogens is 365 g/mol. The van der Waals surface area contributed by atoms with Crippen LogP contribution in [0.15, 0.2) is 89.9 Å². The Balaban J connectivity index is 1.84. The number of hydrogen-bond acceptors (Lipinski definition) is 2. The predicted octanol–water partition coefficient (Wildman–Crippen LogP) is 4.53. The van der Waals surface area contributed by atoms with Crippen molar-refractivity contribution in [2.24, 2.45) is 4.99 Å². The first kappa shape index (κ1) is 18.0. The van der Waals surface area contributed by atoms with Gasteiger partial charge in [-0.15, -0.1) is 0 Å². The molecule has 0 bridgehead atoms. The van der Waals surface area contributed by atoms with Crippen molar-refractivity contribution < 1.29 is 18.0 Å². The van der Waals surface area contributed by atoms with Gasteiger partial charge < -0.3 is 5.32 Å². The van der Waals surface area contributed by atoms with Gasteiger partial charge in [0.05, 0.1) is 5.56 Å². The van der Waals surface area contributed by atoms with Crippen molar-refractivity contribution >= 4 is 11.7 Å². The molecule has 1 amide bonds. The molecule has 4 rings (SSSR count). The summed E-state index contributed by atoms with van der Waals surface area (Å²) in [5.41, 5.74) is -0.268. The summed E-state index contributed by atoms with van der Waals surface area (Å²) in [4.78, 5) is 17.8. The topological polar surface area (TPSA) is 41.5 Å². The third kappa shape index (κ3) is 2.97. The first-order valence-corrected chi connectivity index (χ1v) is 8.61. The smallest absolute Gasteiger partial charge is 0.308 e. The van der Waals surface area contributed by atoms with Crippen LogP contribution in [0.2, 0.25) is 0 Å². The molecule has 28 heavy (non-hydrogen) atoms. The number of nitrogens with zero attached hydrogens (tertiary/aromatic N) is 1. The Kier molecular flexibility index (Phi) is 4.26. The fraction of sp³-hybridized carbons (Fsp3) is 0.0909. The fourth-order valence-electron chi connectivity index (χ4n) is 3.31. The van der Waals surface area contributed by atoms with Crippen molar-refractivity contribution in [3.8, 4) is 0 Å². The highest BCUT2D eigenvalue weighted by Gasteiger charge is 2.47. The quantitative estimate of drug-likeness (QED) is 0.713. The minimum Gasteiger partial charge on any atom is -0.308 e. The largest absolute Gasteiger partial charge is 0.416 e. The number of carbonyl (C=O) groups is 1. The molecule has 1 aliphatic rings. The van der Waals surface area contributed by atoms with Gasteiger partial charge in [0.1, 0.15) is 5.84 Å². The number of alkyl halides is 3. The normalized spacial score (nSPS) is 15.8. The van der Waals surface area contributed by atoms with Gasteiger partial charge in [0, 0.05) is 5.56 Å². The second-order valence-electron chi connectivity index (χ2n) is 6.43. The lowest BCUT2D eigenvalue weighted by atomic mass is 9.83. The van der Waals surface area contributed by atoms with Gasteiger partial charge in [-0.2, -0.15) is 13.2 Å². The highest BCUT2D eigenvalue weighted by Crippen LogP contribution is 2.38. The van der Waals surface area contributed by atoms with Crippen LogP contribution in [0, 0.1) is 0 Å². The molecule has 0 spiro atoms. The van der Waals surface area contributed by atoms with Crippen LogP contribution in [-0.2, 0) is 16.5 Å². The average Bonchev–Trinajstić information content (AvgIpc) is 3.07. The maximum Gasteiger partial charge on any atom is 0.416 e. The molecule has 1 heterocycles. The van der Waals surface area contributed by atoms with E-state index in [9.17, 15) is 18.0 Å². The van der Waals surface area contributed by atoms with E-state index < -0.39 is 17.3 Å². The molecule has 0 radical (unpaired) electrons. The highest BCUT2D eigenvalue weighted by atomic mass is 19.4. The number of amides is 1. The summed E-state index contributed by atoms with van der Waals surface area (Å²) in [6.07, 6.45) is -4.42. The van der Waals surface area contributed by atoms with Crippen LogP contribution in [0.1, 0.15) is 22.3 Å². The van der Waals surface area contributed by atoms with Crippen LogP contribution in [0.4, 0.5) is 13.2 Å². The molecule has 6 heteroatoms. The van der Waals surface area contributed by atoms with Gasteiger partial charge in [-0.05, 0) is 23.3 Å². The van der Waals surface area contributed by atoms with Gasteiger partial charge in [-0.25, -0.2) is 4.99 Å². The van der Waals surface area contributed by atoms with E-state index in [0.29, 0.717) is 16.7 Å². The second-order valence-corrected chi connectivity index (χ2v) is 6.43. The molecule has 1 aliphatic heterocycles. The molecule has 0 saturated heterocycles. The van der Waals surface area contributed by atoms with E-state index in [-0.39, 0.29) is 11.7 Å². The number of halogens is 3. The van der Waals surface area contributed by atoms with Crippen LogP contribution in [0.3, 0.4) is 0 Å². The molecule has 1 N–H and O–H groups in total. The Labute approximate surface area is 159 Å². The number of hydrogen-bond donors (Lipinski definition) is 1. The van der Waals surface area contributed by atoms with Crippen LogP contribution in [-0.4, -0.2) is 11.7 Å². The molecule has 3 nitrogen and oxygen atoms in total. The van der Waals surface area contributed by atoms with Crippen molar-refractivity contribution in [3.63, 3.8) is 0 Å². The second kappa shape index (κ2) is 6.64. The Morgan fingerprint density at radius 1 is 0.750 bits per heavy atom. The van der Waals surface area contributed by atoms with Gasteiger partial charge in [0.15, 0.2) is 5.54 Å². The van der Waals surface area contributed by atoms with E-state index in [2.05, 4.69) is 10.3 Å². The number of benzene rings is 3. The molecule has 0 aromatic heterocycles. The first-order valence-electron chi connectivity index (χ1n) is 8.61. The van der Waals surface area contributed by atoms with E-state index >= 15 is 0 Å². The Hall–Kier alpha value is -3.41. The summed E-state index contributed by atoms with van der Waals surface area (Å²) >= 11 is 0. The molecule has 0 atom stereocenters. The number of amidine groups is 1. The summed E-state index contributed by atoms with van der Waals surface area (Å²) < 4.78 is 38.5. The zero-order chi connectivity index (χ0) is 19.8. The van der Waals surface area contributed by atoms with Crippen molar-refractivity contribution in [1.29, 1.82) is 0 Å². The Morgan fingerprint density at radius 3 is 1.71 bits per heavy atom. The van der Waals surface area contributed by atoms with Gasteiger partial charge in [0.2, 0.25) is 0 Å². The van der Waals surface area contributed by atoms with Crippen LogP contribution >= 0.6 is 0 Å². The Morgan fingerprint density at radius 2 is 1.25 bits per heavy atom. The number of carbonyl (C=O) groups excluding carboxylic acids is 1. The van der Waals surface area contributed by atoms with Crippen molar-refractivity contribution in [2.45, 2.75) is 11.7 Å². The fourth-order valence-corrected chi connectivity index (χ4v) is 3.31. The summed E-state index contributed by atoms with van der Waals surface area (Å²) in [7, 11) is 0. The van der Waals surface area contributed by atoms with E-state index in [1.54, 1.807) is 0 Å². The van der Waals surface area contributed by atoms with Crippen LogP contribution in [0.25, 0.3) is 0 Å². The first-order chi connectivity index (χ1) is 13.4. The zero-order valence-corrected chi connectivity index (χ0v) is 14.6. The Bertz CT molecular complexity index is 987. The monoisotopic (exact) mass is 380 g/mol. The SMILES string of the molecule is O=C1NC(c2ccc(C(F)(F)F)cc2)=NC1(c1ccccc1)c1ccccc1. The molecular formula is C22H15F3N2O. The van der Waals surface area contributed by atoms with Crippen LogP contribution in [0.5, 0.6) is 0 Å². The minimum atomic E-state index is -4.42. The lowest BCUT2D eigenvalue weighted by Crippen LogP contribution is -2.38. The molecule has 3 aromatic rings. The van der Waals surface area contributed by atoms with Gasteiger partial charge >= 0.3 is 6.18 Å². The summed E-state index contributed by atoms with van der Waals surface area (Å²) in [5, 5.41) is 2.75. The summed E-state index contributed by atoms with van der Waals surface area (Å²) in [6, 6.07) is 22.8. The summed E-state index contributed by atoms with van der Waals surface area (Å²) in [5.74, 6) is -0.105. The standard InChI is InChI=1S/C22H15F3N2O/c23-22(24,25)18-13-11-15(12-14-18)19-26-20(28)21(27-19,16-7-3-1-4-8-16)17-9-5-2-6-10-17/h1-14H,(H,26,27,28). The molecule has 0 unspecified atom stereocenters. The number of nitrogens with one attached hydrogen (secondary N) is 1. The highest BCUT2D eigenvalue weighted by molar-refractivity contribution is 6.16.